The smallest absolute Gasteiger partial charge is 0.164 e. The Morgan fingerprint density at radius 1 is 1.09 bits per heavy atom. The molecular weight excluding hydrogens is 300 g/mol. The third-order valence-corrected chi connectivity index (χ3v) is 5.77. The van der Waals surface area contributed by atoms with Crippen molar-refractivity contribution in [2.75, 3.05) is 0 Å². The molecular formula is C19H22N2OSi. The standard InChI is InChI=1S/C19H22N2OSi/c1-23(2,3)12-9-19(22)17-13-15-7-4-5-8-16(15)14-18(17)21-11-6-10-20-21/h4-8,10-11,13-14H,9,12H2,1-3H3. The first-order valence-corrected chi connectivity index (χ1v) is 11.7. The molecule has 3 nitrogen and oxygen atoms in total. The number of aromatic nitrogens is 2. The Hall–Kier alpha value is -2.20. The van der Waals surface area contributed by atoms with E-state index in [0.29, 0.717) is 6.42 Å². The maximum Gasteiger partial charge on any atom is 0.164 e. The molecule has 1 aromatic heterocycles. The van der Waals surface area contributed by atoms with Crippen LogP contribution in [-0.4, -0.2) is 23.6 Å². The van der Waals surface area contributed by atoms with E-state index in [4.69, 9.17) is 0 Å². The minimum absolute atomic E-state index is 0.212. The number of carbonyl (C=O) groups is 1. The molecule has 0 N–H and O–H groups in total. The highest BCUT2D eigenvalue weighted by Gasteiger charge is 2.19. The van der Waals surface area contributed by atoms with Crippen LogP contribution in [0.3, 0.4) is 0 Å². The molecule has 0 saturated heterocycles. The molecule has 0 radical (unpaired) electrons. The number of hydrogen-bond donors (Lipinski definition) is 0. The van der Waals surface area contributed by atoms with Crippen LogP contribution in [-0.2, 0) is 0 Å². The second-order valence-corrected chi connectivity index (χ2v) is 12.8. The summed E-state index contributed by atoms with van der Waals surface area (Å²) in [6.45, 7) is 6.90. The van der Waals surface area contributed by atoms with Crippen LogP contribution in [0.1, 0.15) is 16.8 Å². The van der Waals surface area contributed by atoms with E-state index >= 15 is 0 Å². The number of nitrogens with zero attached hydrogens (tertiary/aromatic N) is 2. The first kappa shape index (κ1) is 15.7. The Morgan fingerprint density at radius 3 is 2.39 bits per heavy atom. The van der Waals surface area contributed by atoms with Crippen LogP contribution in [0, 0.1) is 0 Å². The number of benzene rings is 2. The van der Waals surface area contributed by atoms with Crippen molar-refractivity contribution in [3.05, 3.63) is 60.4 Å². The Labute approximate surface area is 138 Å². The molecule has 0 fully saturated rings. The predicted molar refractivity (Wildman–Crippen MR) is 98.2 cm³/mol. The average Bonchev–Trinajstić information content (AvgIpc) is 3.05. The summed E-state index contributed by atoms with van der Waals surface area (Å²) in [6.07, 6.45) is 4.24. The fourth-order valence-corrected chi connectivity index (χ4v) is 3.65. The van der Waals surface area contributed by atoms with Gasteiger partial charge < -0.3 is 0 Å². The van der Waals surface area contributed by atoms with Gasteiger partial charge in [0.15, 0.2) is 5.78 Å². The first-order chi connectivity index (χ1) is 10.9. The molecule has 0 aliphatic heterocycles. The van der Waals surface area contributed by atoms with Gasteiger partial charge in [0, 0.05) is 32.5 Å². The fraction of sp³-hybridized carbons (Fsp3) is 0.263. The third-order valence-electron chi connectivity index (χ3n) is 4.02. The van der Waals surface area contributed by atoms with Crippen molar-refractivity contribution in [2.45, 2.75) is 32.1 Å². The van der Waals surface area contributed by atoms with Crippen LogP contribution < -0.4 is 0 Å². The molecule has 3 aromatic rings. The summed E-state index contributed by atoms with van der Waals surface area (Å²) in [5, 5.41) is 6.54. The summed E-state index contributed by atoms with van der Waals surface area (Å²) in [6, 6.07) is 15.1. The fourth-order valence-electron chi connectivity index (χ4n) is 2.68. The summed E-state index contributed by atoms with van der Waals surface area (Å²) >= 11 is 0. The minimum Gasteiger partial charge on any atom is -0.294 e. The van der Waals surface area contributed by atoms with E-state index in [2.05, 4.69) is 42.9 Å². The molecule has 0 unspecified atom stereocenters. The van der Waals surface area contributed by atoms with E-state index in [9.17, 15) is 4.79 Å². The molecule has 118 valence electrons. The quantitative estimate of drug-likeness (QED) is 0.493. The van der Waals surface area contributed by atoms with Gasteiger partial charge in [-0.05, 0) is 29.0 Å². The second kappa shape index (κ2) is 6.12. The number of ketones is 1. The zero-order valence-electron chi connectivity index (χ0n) is 13.9. The van der Waals surface area contributed by atoms with Crippen LogP contribution in [0.2, 0.25) is 25.7 Å². The van der Waals surface area contributed by atoms with Crippen LogP contribution in [0.25, 0.3) is 16.5 Å². The molecule has 23 heavy (non-hydrogen) atoms. The van der Waals surface area contributed by atoms with Gasteiger partial charge in [-0.15, -0.1) is 0 Å². The molecule has 2 aromatic carbocycles. The Bertz CT molecular complexity index is 832. The van der Waals surface area contributed by atoms with E-state index < -0.39 is 8.07 Å². The van der Waals surface area contributed by atoms with Gasteiger partial charge in [0.1, 0.15) is 0 Å². The summed E-state index contributed by atoms with van der Waals surface area (Å²) < 4.78 is 1.79. The number of hydrogen-bond acceptors (Lipinski definition) is 2. The van der Waals surface area contributed by atoms with Gasteiger partial charge in [-0.2, -0.15) is 5.10 Å². The highest BCUT2D eigenvalue weighted by molar-refractivity contribution is 6.76. The van der Waals surface area contributed by atoms with E-state index in [1.807, 2.05) is 30.5 Å². The topological polar surface area (TPSA) is 34.9 Å². The lowest BCUT2D eigenvalue weighted by Gasteiger charge is -2.16. The Balaban J connectivity index is 2.06. The maximum absolute atomic E-state index is 12.8. The van der Waals surface area contributed by atoms with Crippen molar-refractivity contribution in [3.8, 4) is 5.69 Å². The Kier molecular flexibility index (Phi) is 4.18. The van der Waals surface area contributed by atoms with Gasteiger partial charge in [-0.1, -0.05) is 50.0 Å². The molecule has 0 aliphatic rings. The van der Waals surface area contributed by atoms with Gasteiger partial charge in [0.25, 0.3) is 0 Å². The number of rotatable bonds is 5. The first-order valence-electron chi connectivity index (χ1n) is 8.00. The summed E-state index contributed by atoms with van der Waals surface area (Å²) in [5.74, 6) is 0.212. The monoisotopic (exact) mass is 322 g/mol. The van der Waals surface area contributed by atoms with Gasteiger partial charge in [0.05, 0.1) is 5.69 Å². The van der Waals surface area contributed by atoms with Gasteiger partial charge in [0.2, 0.25) is 0 Å². The molecule has 0 atom stereocenters. The number of fused-ring (bicyclic) bond motifs is 1. The second-order valence-electron chi connectivity index (χ2n) is 7.15. The van der Waals surface area contributed by atoms with Crippen molar-refractivity contribution in [1.29, 1.82) is 0 Å². The lowest BCUT2D eigenvalue weighted by atomic mass is 10.0. The summed E-state index contributed by atoms with van der Waals surface area (Å²) in [5.41, 5.74) is 1.64. The molecule has 4 heteroatoms. The molecule has 0 aliphatic carbocycles. The lowest BCUT2D eigenvalue weighted by molar-refractivity contribution is 0.0987. The third kappa shape index (κ3) is 3.59. The molecule has 0 saturated carbocycles. The van der Waals surface area contributed by atoms with Crippen molar-refractivity contribution in [3.63, 3.8) is 0 Å². The SMILES string of the molecule is C[Si](C)(C)CCC(=O)c1cc2ccccc2cc1-n1cccn1. The largest absolute Gasteiger partial charge is 0.294 e. The van der Waals surface area contributed by atoms with E-state index in [1.54, 1.807) is 10.9 Å². The molecule has 0 bridgehead atoms. The van der Waals surface area contributed by atoms with E-state index in [-0.39, 0.29) is 5.78 Å². The van der Waals surface area contributed by atoms with Crippen LogP contribution in [0.15, 0.2) is 54.9 Å². The lowest BCUT2D eigenvalue weighted by Crippen LogP contribution is -2.21. The molecule has 1 heterocycles. The number of carbonyl (C=O) groups excluding carboxylic acids is 1. The molecule has 0 spiro atoms. The minimum atomic E-state index is -1.23. The zero-order chi connectivity index (χ0) is 16.4. The average molecular weight is 322 g/mol. The highest BCUT2D eigenvalue weighted by atomic mass is 28.3. The van der Waals surface area contributed by atoms with Gasteiger partial charge in [-0.25, -0.2) is 4.68 Å². The molecule has 0 amide bonds. The predicted octanol–water partition coefficient (Wildman–Crippen LogP) is 4.94. The van der Waals surface area contributed by atoms with E-state index in [0.717, 1.165) is 28.1 Å². The number of Topliss-reactive ketones (excluding diaryl/α,β-unsaturated/α-hetero) is 1. The van der Waals surface area contributed by atoms with Crippen molar-refractivity contribution >= 4 is 24.6 Å². The van der Waals surface area contributed by atoms with Crippen molar-refractivity contribution in [2.24, 2.45) is 0 Å². The van der Waals surface area contributed by atoms with Crippen LogP contribution in [0.4, 0.5) is 0 Å². The normalized spacial score (nSPS) is 11.8. The highest BCUT2D eigenvalue weighted by Crippen LogP contribution is 2.25. The van der Waals surface area contributed by atoms with Crippen molar-refractivity contribution in [1.82, 2.24) is 9.78 Å². The van der Waals surface area contributed by atoms with Crippen molar-refractivity contribution < 1.29 is 4.79 Å². The van der Waals surface area contributed by atoms with Gasteiger partial charge >= 0.3 is 0 Å². The zero-order valence-corrected chi connectivity index (χ0v) is 14.9. The van der Waals surface area contributed by atoms with Crippen LogP contribution >= 0.6 is 0 Å². The van der Waals surface area contributed by atoms with Crippen LogP contribution in [0.5, 0.6) is 0 Å². The molecule has 3 rings (SSSR count). The van der Waals surface area contributed by atoms with E-state index in [1.165, 1.54) is 0 Å². The Morgan fingerprint density at radius 2 is 1.78 bits per heavy atom. The summed E-state index contributed by atoms with van der Waals surface area (Å²) in [4.78, 5) is 12.8. The van der Waals surface area contributed by atoms with Gasteiger partial charge in [-0.3, -0.25) is 4.79 Å². The summed E-state index contributed by atoms with van der Waals surface area (Å²) in [7, 11) is -1.23. The maximum atomic E-state index is 12.8.